The monoisotopic (exact) mass is 355 g/mol. The number of hydrogen-bond acceptors (Lipinski definition) is 3. The maximum absolute atomic E-state index is 12.4. The van der Waals surface area contributed by atoms with Gasteiger partial charge in [-0.3, -0.25) is 14.5 Å². The van der Waals surface area contributed by atoms with Crippen molar-refractivity contribution in [1.82, 2.24) is 15.5 Å². The maximum atomic E-state index is 12.4. The van der Waals surface area contributed by atoms with Crippen LogP contribution in [-0.4, -0.2) is 42.4 Å². The zero-order chi connectivity index (χ0) is 18.4. The lowest BCUT2D eigenvalue weighted by Gasteiger charge is -2.34. The quantitative estimate of drug-likeness (QED) is 0.770. The minimum Gasteiger partial charge on any atom is -0.353 e. The standard InChI is InChI=1S/C21H29N3O2/c1-16-7-9-18(10-8-16)15-24-12-11-22-21(26)19(24)13-20(25)23-14-17-5-3-2-4-6-17/h5,7-10,19H,2-4,6,11-15H2,1H3,(H,22,26)(H,23,25)/t19-/m1/s1. The lowest BCUT2D eigenvalue weighted by Crippen LogP contribution is -2.56. The molecule has 5 heteroatoms. The van der Waals surface area contributed by atoms with E-state index in [-0.39, 0.29) is 18.2 Å². The van der Waals surface area contributed by atoms with Crippen molar-refractivity contribution in [2.24, 2.45) is 0 Å². The van der Waals surface area contributed by atoms with Gasteiger partial charge in [-0.05, 0) is 38.2 Å². The van der Waals surface area contributed by atoms with Crippen molar-refractivity contribution in [2.75, 3.05) is 19.6 Å². The van der Waals surface area contributed by atoms with Crippen LogP contribution in [0.15, 0.2) is 35.9 Å². The Morgan fingerprint density at radius 2 is 2.08 bits per heavy atom. The molecule has 0 unspecified atom stereocenters. The summed E-state index contributed by atoms with van der Waals surface area (Å²) in [6.07, 6.45) is 7.08. The molecule has 5 nitrogen and oxygen atoms in total. The molecule has 1 aliphatic heterocycles. The van der Waals surface area contributed by atoms with E-state index in [0.29, 0.717) is 19.6 Å². The summed E-state index contributed by atoms with van der Waals surface area (Å²) >= 11 is 0. The second-order valence-corrected chi connectivity index (χ2v) is 7.35. The molecule has 26 heavy (non-hydrogen) atoms. The number of rotatable bonds is 6. The largest absolute Gasteiger partial charge is 0.353 e. The first-order valence-electron chi connectivity index (χ1n) is 9.64. The molecular formula is C21H29N3O2. The van der Waals surface area contributed by atoms with Gasteiger partial charge >= 0.3 is 0 Å². The van der Waals surface area contributed by atoms with Crippen LogP contribution in [0.3, 0.4) is 0 Å². The number of hydrogen-bond donors (Lipinski definition) is 2. The van der Waals surface area contributed by atoms with E-state index in [2.05, 4.69) is 52.8 Å². The van der Waals surface area contributed by atoms with E-state index in [1.165, 1.54) is 29.5 Å². The summed E-state index contributed by atoms with van der Waals surface area (Å²) in [5.41, 5.74) is 3.70. The highest BCUT2D eigenvalue weighted by Gasteiger charge is 2.31. The molecule has 140 valence electrons. The normalized spacial score (nSPS) is 21.0. The third-order valence-electron chi connectivity index (χ3n) is 5.22. The van der Waals surface area contributed by atoms with E-state index >= 15 is 0 Å². The average Bonchev–Trinajstić information content (AvgIpc) is 2.65. The van der Waals surface area contributed by atoms with E-state index in [0.717, 1.165) is 19.4 Å². The molecule has 0 aromatic heterocycles. The van der Waals surface area contributed by atoms with Gasteiger partial charge in [0.1, 0.15) is 0 Å². The molecule has 1 heterocycles. The van der Waals surface area contributed by atoms with Gasteiger partial charge in [-0.2, -0.15) is 0 Å². The highest BCUT2D eigenvalue weighted by atomic mass is 16.2. The molecule has 1 aromatic carbocycles. The first-order valence-corrected chi connectivity index (χ1v) is 9.64. The number of benzene rings is 1. The second kappa shape index (κ2) is 8.99. The molecule has 0 bridgehead atoms. The third-order valence-corrected chi connectivity index (χ3v) is 5.22. The van der Waals surface area contributed by atoms with Gasteiger partial charge in [-0.1, -0.05) is 41.5 Å². The Labute approximate surface area is 155 Å². The molecule has 2 N–H and O–H groups in total. The Balaban J connectivity index is 1.57. The van der Waals surface area contributed by atoms with Gasteiger partial charge in [-0.15, -0.1) is 0 Å². The summed E-state index contributed by atoms with van der Waals surface area (Å²) in [6, 6.07) is 7.95. The van der Waals surface area contributed by atoms with Crippen LogP contribution < -0.4 is 10.6 Å². The number of allylic oxidation sites excluding steroid dienone is 1. The van der Waals surface area contributed by atoms with Gasteiger partial charge < -0.3 is 10.6 Å². The number of aryl methyl sites for hydroxylation is 1. The van der Waals surface area contributed by atoms with Crippen LogP contribution in [0.25, 0.3) is 0 Å². The molecule has 0 radical (unpaired) electrons. The van der Waals surface area contributed by atoms with Gasteiger partial charge in [0.2, 0.25) is 11.8 Å². The average molecular weight is 355 g/mol. The number of amides is 2. The van der Waals surface area contributed by atoms with Crippen LogP contribution in [0.2, 0.25) is 0 Å². The lowest BCUT2D eigenvalue weighted by molar-refractivity contribution is -0.134. The van der Waals surface area contributed by atoms with Crippen LogP contribution in [0, 0.1) is 6.92 Å². The highest BCUT2D eigenvalue weighted by Crippen LogP contribution is 2.17. The van der Waals surface area contributed by atoms with Gasteiger partial charge in [-0.25, -0.2) is 0 Å². The fourth-order valence-electron chi connectivity index (χ4n) is 3.63. The molecule has 2 aliphatic rings. The van der Waals surface area contributed by atoms with Gasteiger partial charge in [0, 0.05) is 26.2 Å². The SMILES string of the molecule is Cc1ccc(CN2CCNC(=O)[C@H]2CC(=O)NCC2=CCCCC2)cc1. The van der Waals surface area contributed by atoms with Crippen molar-refractivity contribution in [1.29, 1.82) is 0 Å². The third kappa shape index (κ3) is 5.18. The molecule has 1 aliphatic carbocycles. The summed E-state index contributed by atoms with van der Waals surface area (Å²) < 4.78 is 0. The highest BCUT2D eigenvalue weighted by molar-refractivity contribution is 5.88. The van der Waals surface area contributed by atoms with Crippen molar-refractivity contribution >= 4 is 11.8 Å². The zero-order valence-corrected chi connectivity index (χ0v) is 15.6. The van der Waals surface area contributed by atoms with E-state index in [9.17, 15) is 9.59 Å². The van der Waals surface area contributed by atoms with E-state index in [1.54, 1.807) is 0 Å². The van der Waals surface area contributed by atoms with Crippen LogP contribution in [0.5, 0.6) is 0 Å². The van der Waals surface area contributed by atoms with Crippen molar-refractivity contribution in [3.05, 3.63) is 47.0 Å². The minimum atomic E-state index is -0.398. The minimum absolute atomic E-state index is 0.0459. The summed E-state index contributed by atoms with van der Waals surface area (Å²) in [4.78, 5) is 26.9. The Morgan fingerprint density at radius 3 is 2.81 bits per heavy atom. The van der Waals surface area contributed by atoms with Crippen molar-refractivity contribution in [3.63, 3.8) is 0 Å². The van der Waals surface area contributed by atoms with Gasteiger partial charge in [0.15, 0.2) is 0 Å². The predicted octanol–water partition coefficient (Wildman–Crippen LogP) is 2.30. The fraction of sp³-hybridized carbons (Fsp3) is 0.524. The number of carbonyl (C=O) groups excluding carboxylic acids is 2. The zero-order valence-electron chi connectivity index (χ0n) is 15.6. The lowest BCUT2D eigenvalue weighted by atomic mass is 9.99. The maximum Gasteiger partial charge on any atom is 0.237 e. The predicted molar refractivity (Wildman–Crippen MR) is 103 cm³/mol. The summed E-state index contributed by atoms with van der Waals surface area (Å²) in [5, 5.41) is 5.89. The van der Waals surface area contributed by atoms with Crippen molar-refractivity contribution < 1.29 is 9.59 Å². The second-order valence-electron chi connectivity index (χ2n) is 7.35. The van der Waals surface area contributed by atoms with Crippen molar-refractivity contribution in [2.45, 2.75) is 51.6 Å². The van der Waals surface area contributed by atoms with Gasteiger partial charge in [0.05, 0.1) is 12.5 Å². The van der Waals surface area contributed by atoms with E-state index in [4.69, 9.17) is 0 Å². The van der Waals surface area contributed by atoms with E-state index < -0.39 is 6.04 Å². The molecule has 1 aromatic rings. The molecule has 0 saturated carbocycles. The first kappa shape index (κ1) is 18.6. The van der Waals surface area contributed by atoms with Crippen LogP contribution in [-0.2, 0) is 16.1 Å². The van der Waals surface area contributed by atoms with Gasteiger partial charge in [0.25, 0.3) is 0 Å². The summed E-state index contributed by atoms with van der Waals surface area (Å²) in [7, 11) is 0. The summed E-state index contributed by atoms with van der Waals surface area (Å²) in [6.45, 7) is 4.77. The Hall–Kier alpha value is -2.14. The molecule has 3 rings (SSSR count). The number of nitrogens with one attached hydrogen (secondary N) is 2. The Kier molecular flexibility index (Phi) is 6.45. The molecule has 0 spiro atoms. The van der Waals surface area contributed by atoms with Crippen molar-refractivity contribution in [3.8, 4) is 0 Å². The molecule has 1 saturated heterocycles. The fourth-order valence-corrected chi connectivity index (χ4v) is 3.63. The summed E-state index contributed by atoms with van der Waals surface area (Å²) in [5.74, 6) is -0.0946. The number of piperazine rings is 1. The Morgan fingerprint density at radius 1 is 1.27 bits per heavy atom. The molecule has 2 amide bonds. The Bertz CT molecular complexity index is 666. The number of nitrogens with zero attached hydrogens (tertiary/aromatic N) is 1. The smallest absolute Gasteiger partial charge is 0.237 e. The molecular weight excluding hydrogens is 326 g/mol. The van der Waals surface area contributed by atoms with Crippen LogP contribution in [0.1, 0.15) is 43.2 Å². The molecule has 1 atom stereocenters. The number of carbonyl (C=O) groups is 2. The van der Waals surface area contributed by atoms with E-state index in [1.807, 2.05) is 0 Å². The molecule has 1 fully saturated rings. The first-order chi connectivity index (χ1) is 12.6. The van der Waals surface area contributed by atoms with Crippen LogP contribution in [0.4, 0.5) is 0 Å². The van der Waals surface area contributed by atoms with Crippen LogP contribution >= 0.6 is 0 Å². The topological polar surface area (TPSA) is 61.4 Å².